The van der Waals surface area contributed by atoms with E-state index in [0.717, 1.165) is 16.7 Å². The van der Waals surface area contributed by atoms with Crippen LogP contribution in [0, 0.1) is 24.7 Å². The number of fused-ring (bicyclic) bond motifs is 1. The summed E-state index contributed by atoms with van der Waals surface area (Å²) in [7, 11) is 0. The Morgan fingerprint density at radius 2 is 1.81 bits per heavy atom. The van der Waals surface area contributed by atoms with E-state index in [1.165, 1.54) is 0 Å². The number of rotatable bonds is 5. The summed E-state index contributed by atoms with van der Waals surface area (Å²) in [4.78, 5) is 30.0. The standard InChI is InChI=1S/C26H36N2O3/c1-8-12-25(13-9-2)17-21-26(24(5,6)7,20-16-18(3)10-11-19(20)4)28(23(30)31)15-14-27(21)22(25)29/h8-11,16,21H,1-2,12-15,17H2,3-7H3,(H,30,31). The normalized spacial score (nSPS) is 25.3. The van der Waals surface area contributed by atoms with E-state index >= 15 is 0 Å². The molecule has 2 fully saturated rings. The van der Waals surface area contributed by atoms with Crippen LogP contribution in [0.4, 0.5) is 4.79 Å². The first-order valence-corrected chi connectivity index (χ1v) is 11.1. The summed E-state index contributed by atoms with van der Waals surface area (Å²) in [5.74, 6) is 0.0984. The number of benzene rings is 1. The van der Waals surface area contributed by atoms with Crippen LogP contribution < -0.4 is 0 Å². The van der Waals surface area contributed by atoms with Crippen LogP contribution in [0.25, 0.3) is 0 Å². The van der Waals surface area contributed by atoms with Crippen LogP contribution in [-0.4, -0.2) is 46.0 Å². The second kappa shape index (κ2) is 7.85. The maximum absolute atomic E-state index is 13.8. The summed E-state index contributed by atoms with van der Waals surface area (Å²) in [5, 5.41) is 10.4. The highest BCUT2D eigenvalue weighted by molar-refractivity contribution is 5.87. The Hall–Kier alpha value is -2.56. The molecular weight excluding hydrogens is 388 g/mol. The Bertz CT molecular complexity index is 904. The minimum absolute atomic E-state index is 0.0984. The van der Waals surface area contributed by atoms with Gasteiger partial charge in [-0.1, -0.05) is 56.7 Å². The van der Waals surface area contributed by atoms with E-state index in [1.54, 1.807) is 4.90 Å². The Morgan fingerprint density at radius 1 is 1.19 bits per heavy atom. The van der Waals surface area contributed by atoms with Gasteiger partial charge in [0.05, 0.1) is 17.0 Å². The molecule has 5 nitrogen and oxygen atoms in total. The summed E-state index contributed by atoms with van der Waals surface area (Å²) < 4.78 is 0. The highest BCUT2D eigenvalue weighted by atomic mass is 16.4. The van der Waals surface area contributed by atoms with Gasteiger partial charge >= 0.3 is 6.09 Å². The lowest BCUT2D eigenvalue weighted by atomic mass is 9.60. The fourth-order valence-electron chi connectivity index (χ4n) is 6.21. The van der Waals surface area contributed by atoms with Gasteiger partial charge in [-0.3, -0.25) is 9.69 Å². The van der Waals surface area contributed by atoms with Crippen LogP contribution in [0.1, 0.15) is 56.7 Å². The molecule has 5 heteroatoms. The smallest absolute Gasteiger partial charge is 0.408 e. The zero-order valence-electron chi connectivity index (χ0n) is 19.6. The molecule has 2 amide bonds. The molecule has 0 saturated carbocycles. The van der Waals surface area contributed by atoms with Gasteiger partial charge in [-0.15, -0.1) is 13.2 Å². The number of nitrogens with zero attached hydrogens (tertiary/aromatic N) is 2. The van der Waals surface area contributed by atoms with Crippen molar-refractivity contribution in [1.29, 1.82) is 0 Å². The summed E-state index contributed by atoms with van der Waals surface area (Å²) in [6.07, 6.45) is 4.39. The molecule has 0 aromatic heterocycles. The van der Waals surface area contributed by atoms with Crippen LogP contribution >= 0.6 is 0 Å². The molecule has 2 saturated heterocycles. The first kappa shape index (κ1) is 23.1. The van der Waals surface area contributed by atoms with E-state index in [0.29, 0.717) is 32.4 Å². The van der Waals surface area contributed by atoms with Crippen molar-refractivity contribution < 1.29 is 14.7 Å². The number of carboxylic acid groups (broad SMARTS) is 1. The molecule has 3 rings (SSSR count). The fraction of sp³-hybridized carbons (Fsp3) is 0.538. The number of hydrogen-bond donors (Lipinski definition) is 1. The average Bonchev–Trinajstić information content (AvgIpc) is 2.95. The number of carbonyl (C=O) groups excluding carboxylic acids is 1. The van der Waals surface area contributed by atoms with E-state index in [-0.39, 0.29) is 11.9 Å². The summed E-state index contributed by atoms with van der Waals surface area (Å²) in [5.41, 5.74) is 1.19. The van der Waals surface area contributed by atoms with Crippen molar-refractivity contribution in [3.63, 3.8) is 0 Å². The Balaban J connectivity index is 2.36. The Kier molecular flexibility index (Phi) is 5.85. The lowest BCUT2D eigenvalue weighted by Crippen LogP contribution is -2.71. The van der Waals surface area contributed by atoms with Gasteiger partial charge in [-0.25, -0.2) is 4.79 Å². The minimum Gasteiger partial charge on any atom is -0.465 e. The van der Waals surface area contributed by atoms with Crippen molar-refractivity contribution >= 4 is 12.0 Å². The highest BCUT2D eigenvalue weighted by Crippen LogP contribution is 2.58. The molecular formula is C26H36N2O3. The van der Waals surface area contributed by atoms with Gasteiger partial charge in [-0.2, -0.15) is 0 Å². The van der Waals surface area contributed by atoms with E-state index in [4.69, 9.17) is 0 Å². The van der Waals surface area contributed by atoms with Gasteiger partial charge < -0.3 is 10.0 Å². The minimum atomic E-state index is -0.937. The second-order valence-corrected chi connectivity index (χ2v) is 10.3. The fourth-order valence-corrected chi connectivity index (χ4v) is 6.21. The van der Waals surface area contributed by atoms with Crippen LogP contribution in [-0.2, 0) is 10.3 Å². The quantitative estimate of drug-likeness (QED) is 0.654. The van der Waals surface area contributed by atoms with E-state index < -0.39 is 22.5 Å². The third-order valence-electron chi connectivity index (χ3n) is 7.40. The molecule has 1 N–H and O–H groups in total. The number of hydrogen-bond acceptors (Lipinski definition) is 2. The molecule has 31 heavy (non-hydrogen) atoms. The van der Waals surface area contributed by atoms with E-state index in [9.17, 15) is 14.7 Å². The van der Waals surface area contributed by atoms with Crippen LogP contribution in [0.15, 0.2) is 43.5 Å². The topological polar surface area (TPSA) is 60.9 Å². The van der Waals surface area contributed by atoms with Gasteiger partial charge in [0.2, 0.25) is 5.91 Å². The maximum Gasteiger partial charge on any atom is 0.408 e. The zero-order valence-corrected chi connectivity index (χ0v) is 19.6. The number of aryl methyl sites for hydroxylation is 2. The predicted octanol–water partition coefficient (Wildman–Crippen LogP) is 5.28. The Morgan fingerprint density at radius 3 is 2.32 bits per heavy atom. The number of allylic oxidation sites excluding steroid dienone is 2. The van der Waals surface area contributed by atoms with Gasteiger partial charge in [0, 0.05) is 13.1 Å². The van der Waals surface area contributed by atoms with Crippen molar-refractivity contribution in [2.24, 2.45) is 10.8 Å². The molecule has 0 spiro atoms. The molecule has 2 aliphatic rings. The molecule has 1 aromatic carbocycles. The van der Waals surface area contributed by atoms with E-state index in [1.807, 2.05) is 30.9 Å². The highest BCUT2D eigenvalue weighted by Gasteiger charge is 2.66. The lowest BCUT2D eigenvalue weighted by Gasteiger charge is -2.60. The first-order valence-electron chi connectivity index (χ1n) is 11.1. The summed E-state index contributed by atoms with van der Waals surface area (Å²) in [6.45, 7) is 18.9. The molecule has 2 atom stereocenters. The first-order chi connectivity index (χ1) is 14.5. The van der Waals surface area contributed by atoms with E-state index in [2.05, 4.69) is 52.1 Å². The third-order valence-corrected chi connectivity index (χ3v) is 7.40. The second-order valence-electron chi connectivity index (χ2n) is 10.3. The summed E-state index contributed by atoms with van der Waals surface area (Å²) >= 11 is 0. The van der Waals surface area contributed by atoms with Crippen molar-refractivity contribution in [2.45, 2.75) is 65.5 Å². The number of piperazine rings is 1. The largest absolute Gasteiger partial charge is 0.465 e. The van der Waals surface area contributed by atoms with Crippen molar-refractivity contribution in [2.75, 3.05) is 13.1 Å². The van der Waals surface area contributed by atoms with Gasteiger partial charge in [0.25, 0.3) is 0 Å². The number of carbonyl (C=O) groups is 2. The zero-order chi connectivity index (χ0) is 23.2. The van der Waals surface area contributed by atoms with Crippen LogP contribution in [0.2, 0.25) is 0 Å². The molecule has 0 radical (unpaired) electrons. The Labute approximate surface area is 186 Å². The SMILES string of the molecule is C=CCC1(CC=C)CC2N(CCN(C(=O)O)C2(c2cc(C)ccc2C)C(C)(C)C)C1=O. The van der Waals surface area contributed by atoms with Crippen LogP contribution in [0.3, 0.4) is 0 Å². The molecule has 1 aromatic rings. The molecule has 168 valence electrons. The maximum atomic E-state index is 13.8. The lowest BCUT2D eigenvalue weighted by molar-refractivity contribution is -0.145. The third kappa shape index (κ3) is 3.29. The van der Waals surface area contributed by atoms with Crippen molar-refractivity contribution in [1.82, 2.24) is 9.80 Å². The molecule has 0 bridgehead atoms. The van der Waals surface area contributed by atoms with Crippen molar-refractivity contribution in [3.05, 3.63) is 60.2 Å². The van der Waals surface area contributed by atoms with Gasteiger partial charge in [0.1, 0.15) is 0 Å². The number of amides is 2. The molecule has 2 heterocycles. The van der Waals surface area contributed by atoms with Crippen LogP contribution in [0.5, 0.6) is 0 Å². The van der Waals surface area contributed by atoms with Crippen molar-refractivity contribution in [3.8, 4) is 0 Å². The predicted molar refractivity (Wildman–Crippen MR) is 124 cm³/mol. The van der Waals surface area contributed by atoms with Gasteiger partial charge in [-0.05, 0) is 49.7 Å². The molecule has 2 unspecified atom stereocenters. The summed E-state index contributed by atoms with van der Waals surface area (Å²) in [6, 6.07) is 5.98. The monoisotopic (exact) mass is 424 g/mol. The van der Waals surface area contributed by atoms with Gasteiger partial charge in [0.15, 0.2) is 0 Å². The average molecular weight is 425 g/mol. The molecule has 2 aliphatic heterocycles. The molecule has 0 aliphatic carbocycles.